The number of likely N-dealkylation sites (tertiary alicyclic amines) is 1. The molecule has 0 radical (unpaired) electrons. The molecule has 1 aliphatic rings. The average molecular weight is 433 g/mol. The number of benzene rings is 1. The Morgan fingerprint density at radius 3 is 2.29 bits per heavy atom. The van der Waals surface area contributed by atoms with Gasteiger partial charge in [-0.2, -0.15) is 0 Å². The molecule has 172 valence electrons. The molecule has 0 N–H and O–H groups in total. The van der Waals surface area contributed by atoms with Crippen molar-refractivity contribution in [2.45, 2.75) is 66.0 Å². The Balaban J connectivity index is 2.10. The van der Waals surface area contributed by atoms with Gasteiger partial charge in [0.1, 0.15) is 5.60 Å². The summed E-state index contributed by atoms with van der Waals surface area (Å²) in [7, 11) is 1.35. The Hall–Kier alpha value is -2.57. The SMILES string of the molecule is CCN(Cc1cccc(C(=O)OC)c1)C(=O)C1(CC)CCN(C(=O)OC(C)(C)C)CC1. The zero-order chi connectivity index (χ0) is 23.2. The monoisotopic (exact) mass is 432 g/mol. The van der Waals surface area contributed by atoms with Crippen LogP contribution in [0.25, 0.3) is 0 Å². The number of nitrogens with zero attached hydrogens (tertiary/aromatic N) is 2. The maximum atomic E-state index is 13.6. The molecule has 1 aromatic rings. The van der Waals surface area contributed by atoms with Gasteiger partial charge in [-0.15, -0.1) is 0 Å². The second-order valence-electron chi connectivity index (χ2n) is 9.11. The molecule has 2 amide bonds. The molecule has 1 fully saturated rings. The molecule has 0 atom stereocenters. The fraction of sp³-hybridized carbons (Fsp3) is 0.625. The summed E-state index contributed by atoms with van der Waals surface area (Å²) in [4.78, 5) is 41.3. The van der Waals surface area contributed by atoms with E-state index >= 15 is 0 Å². The van der Waals surface area contributed by atoms with Gasteiger partial charge in [0.25, 0.3) is 0 Å². The molecule has 1 aromatic carbocycles. The van der Waals surface area contributed by atoms with Gasteiger partial charge in [0, 0.05) is 26.2 Å². The quantitative estimate of drug-likeness (QED) is 0.628. The van der Waals surface area contributed by atoms with Crippen LogP contribution in [0.15, 0.2) is 24.3 Å². The molecule has 0 bridgehead atoms. The second kappa shape index (κ2) is 10.2. The van der Waals surface area contributed by atoms with E-state index in [-0.39, 0.29) is 12.0 Å². The summed E-state index contributed by atoms with van der Waals surface area (Å²) in [6.07, 6.45) is 1.62. The summed E-state index contributed by atoms with van der Waals surface area (Å²) in [5, 5.41) is 0. The maximum absolute atomic E-state index is 13.6. The molecule has 7 nitrogen and oxygen atoms in total. The van der Waals surface area contributed by atoms with Gasteiger partial charge >= 0.3 is 12.1 Å². The third kappa shape index (κ3) is 6.21. The first-order chi connectivity index (χ1) is 14.5. The van der Waals surface area contributed by atoms with Crippen LogP contribution in [0.4, 0.5) is 4.79 Å². The van der Waals surface area contributed by atoms with E-state index in [1.165, 1.54) is 7.11 Å². The highest BCUT2D eigenvalue weighted by Gasteiger charge is 2.43. The number of amides is 2. The zero-order valence-corrected chi connectivity index (χ0v) is 19.7. The van der Waals surface area contributed by atoms with Crippen LogP contribution in [0.3, 0.4) is 0 Å². The van der Waals surface area contributed by atoms with E-state index in [1.54, 1.807) is 23.1 Å². The third-order valence-corrected chi connectivity index (χ3v) is 5.89. The van der Waals surface area contributed by atoms with Crippen molar-refractivity contribution < 1.29 is 23.9 Å². The molecule has 1 heterocycles. The highest BCUT2D eigenvalue weighted by molar-refractivity contribution is 5.89. The minimum Gasteiger partial charge on any atom is -0.465 e. The van der Waals surface area contributed by atoms with Crippen LogP contribution in [0.1, 0.15) is 69.8 Å². The van der Waals surface area contributed by atoms with Gasteiger partial charge in [0.15, 0.2) is 0 Å². The van der Waals surface area contributed by atoms with Gasteiger partial charge in [-0.1, -0.05) is 19.1 Å². The molecule has 2 rings (SSSR count). The van der Waals surface area contributed by atoms with E-state index in [9.17, 15) is 14.4 Å². The smallest absolute Gasteiger partial charge is 0.410 e. The van der Waals surface area contributed by atoms with Crippen molar-refractivity contribution in [2.24, 2.45) is 5.41 Å². The molecule has 0 spiro atoms. The normalized spacial score (nSPS) is 15.9. The topological polar surface area (TPSA) is 76.2 Å². The molecule has 0 saturated carbocycles. The van der Waals surface area contributed by atoms with Crippen molar-refractivity contribution in [2.75, 3.05) is 26.7 Å². The van der Waals surface area contributed by atoms with Gasteiger partial charge in [-0.05, 0) is 64.7 Å². The Morgan fingerprint density at radius 2 is 1.77 bits per heavy atom. The van der Waals surface area contributed by atoms with Crippen LogP contribution in [0.2, 0.25) is 0 Å². The summed E-state index contributed by atoms with van der Waals surface area (Å²) in [6, 6.07) is 7.18. The second-order valence-corrected chi connectivity index (χ2v) is 9.11. The standard InChI is InChI=1S/C24H36N2O5/c1-7-24(12-14-26(15-13-24)22(29)31-23(3,4)5)21(28)25(8-2)17-18-10-9-11-19(16-18)20(27)30-6/h9-11,16H,7-8,12-15,17H2,1-6H3. The van der Waals surface area contributed by atoms with Crippen molar-refractivity contribution in [1.82, 2.24) is 9.80 Å². The van der Waals surface area contributed by atoms with Crippen LogP contribution in [-0.2, 0) is 20.8 Å². The summed E-state index contributed by atoms with van der Waals surface area (Å²) in [5.74, 6) is -0.291. The largest absolute Gasteiger partial charge is 0.465 e. The zero-order valence-electron chi connectivity index (χ0n) is 19.7. The Morgan fingerprint density at radius 1 is 1.13 bits per heavy atom. The molecule has 0 aromatic heterocycles. The minimum absolute atomic E-state index is 0.102. The van der Waals surface area contributed by atoms with Gasteiger partial charge in [0.05, 0.1) is 18.1 Å². The number of methoxy groups -OCH3 is 1. The van der Waals surface area contributed by atoms with Gasteiger partial charge < -0.3 is 19.3 Å². The Kier molecular flexibility index (Phi) is 8.09. The number of hydrogen-bond acceptors (Lipinski definition) is 5. The fourth-order valence-electron chi connectivity index (χ4n) is 3.96. The number of ether oxygens (including phenoxy) is 2. The number of piperidine rings is 1. The number of hydrogen-bond donors (Lipinski definition) is 0. The van der Waals surface area contributed by atoms with E-state index in [2.05, 4.69) is 0 Å². The van der Waals surface area contributed by atoms with E-state index in [4.69, 9.17) is 9.47 Å². The van der Waals surface area contributed by atoms with E-state index < -0.39 is 17.0 Å². The van der Waals surface area contributed by atoms with Crippen molar-refractivity contribution in [1.29, 1.82) is 0 Å². The van der Waals surface area contributed by atoms with E-state index in [1.807, 2.05) is 45.6 Å². The predicted octanol–water partition coefficient (Wildman–Crippen LogP) is 4.25. The predicted molar refractivity (Wildman–Crippen MR) is 119 cm³/mol. The van der Waals surface area contributed by atoms with Crippen molar-refractivity contribution in [3.05, 3.63) is 35.4 Å². The number of carbonyl (C=O) groups excluding carboxylic acids is 3. The lowest BCUT2D eigenvalue weighted by Gasteiger charge is -2.42. The van der Waals surface area contributed by atoms with Crippen LogP contribution in [-0.4, -0.2) is 60.1 Å². The number of esters is 1. The molecular formula is C24H36N2O5. The third-order valence-electron chi connectivity index (χ3n) is 5.89. The Labute approximate surface area is 185 Å². The summed E-state index contributed by atoms with van der Waals surface area (Å²) >= 11 is 0. The van der Waals surface area contributed by atoms with Gasteiger partial charge in [0.2, 0.25) is 5.91 Å². The highest BCUT2D eigenvalue weighted by Crippen LogP contribution is 2.37. The molecule has 7 heteroatoms. The van der Waals surface area contributed by atoms with Gasteiger partial charge in [-0.3, -0.25) is 4.79 Å². The summed E-state index contributed by atoms with van der Waals surface area (Å²) in [5.41, 5.74) is 0.327. The van der Waals surface area contributed by atoms with Crippen LogP contribution in [0.5, 0.6) is 0 Å². The van der Waals surface area contributed by atoms with E-state index in [0.717, 1.165) is 5.56 Å². The summed E-state index contributed by atoms with van der Waals surface area (Å²) in [6.45, 7) is 11.5. The molecule has 1 aliphatic heterocycles. The maximum Gasteiger partial charge on any atom is 0.410 e. The Bertz CT molecular complexity index is 791. The minimum atomic E-state index is -0.538. The molecule has 31 heavy (non-hydrogen) atoms. The van der Waals surface area contributed by atoms with E-state index in [0.29, 0.717) is 51.0 Å². The molecule has 0 unspecified atom stereocenters. The lowest BCUT2D eigenvalue weighted by Crippen LogP contribution is -2.51. The number of carbonyl (C=O) groups is 3. The summed E-state index contributed by atoms with van der Waals surface area (Å²) < 4.78 is 10.3. The van der Waals surface area contributed by atoms with Crippen LogP contribution in [0, 0.1) is 5.41 Å². The average Bonchev–Trinajstić information content (AvgIpc) is 2.75. The first-order valence-corrected chi connectivity index (χ1v) is 11.0. The van der Waals surface area contributed by atoms with Crippen molar-refractivity contribution in [3.63, 3.8) is 0 Å². The first-order valence-electron chi connectivity index (χ1n) is 11.0. The molecule has 1 saturated heterocycles. The highest BCUT2D eigenvalue weighted by atomic mass is 16.6. The lowest BCUT2D eigenvalue weighted by molar-refractivity contribution is -0.146. The van der Waals surface area contributed by atoms with Crippen LogP contribution < -0.4 is 0 Å². The first kappa shape index (κ1) is 24.7. The molecular weight excluding hydrogens is 396 g/mol. The number of rotatable bonds is 6. The van der Waals surface area contributed by atoms with Crippen LogP contribution >= 0.6 is 0 Å². The lowest BCUT2D eigenvalue weighted by atomic mass is 9.75. The van der Waals surface area contributed by atoms with Crippen molar-refractivity contribution in [3.8, 4) is 0 Å². The van der Waals surface area contributed by atoms with Crippen molar-refractivity contribution >= 4 is 18.0 Å². The fourth-order valence-corrected chi connectivity index (χ4v) is 3.96. The van der Waals surface area contributed by atoms with Gasteiger partial charge in [-0.25, -0.2) is 9.59 Å². The molecule has 0 aliphatic carbocycles.